The topological polar surface area (TPSA) is 83.8 Å². The molecule has 0 aromatic carbocycles. The number of nitrogens with zero attached hydrogens (tertiary/aromatic N) is 1. The van der Waals surface area contributed by atoms with Crippen molar-refractivity contribution in [2.45, 2.75) is 37.8 Å². The van der Waals surface area contributed by atoms with Gasteiger partial charge in [0.05, 0.1) is 11.6 Å². The van der Waals surface area contributed by atoms with Crippen molar-refractivity contribution < 1.29 is 4.79 Å². The van der Waals surface area contributed by atoms with Crippen LogP contribution in [0.25, 0.3) is 0 Å². The molecule has 1 heterocycles. The molecule has 0 saturated heterocycles. The lowest BCUT2D eigenvalue weighted by Crippen LogP contribution is -2.44. The number of amides is 1. The monoisotopic (exact) mass is 208 g/mol. The number of aromatic amines is 1. The number of nitrogens with two attached hydrogens (primary N) is 1. The van der Waals surface area contributed by atoms with Crippen LogP contribution in [0.3, 0.4) is 0 Å². The van der Waals surface area contributed by atoms with Gasteiger partial charge in [0.15, 0.2) is 0 Å². The molecule has 1 fully saturated rings. The Morgan fingerprint density at radius 2 is 2.53 bits per heavy atom. The number of imidazole rings is 1. The molecule has 5 heteroatoms. The van der Waals surface area contributed by atoms with Crippen molar-refractivity contribution in [3.05, 3.63) is 18.2 Å². The fourth-order valence-electron chi connectivity index (χ4n) is 1.50. The molecule has 0 spiro atoms. The van der Waals surface area contributed by atoms with E-state index >= 15 is 0 Å². The Bertz CT molecular complexity index is 342. The van der Waals surface area contributed by atoms with Crippen LogP contribution in [0.2, 0.25) is 0 Å². The molecule has 4 N–H and O–H groups in total. The van der Waals surface area contributed by atoms with E-state index in [4.69, 9.17) is 5.73 Å². The molecule has 0 bridgehead atoms. The summed E-state index contributed by atoms with van der Waals surface area (Å²) >= 11 is 0. The minimum atomic E-state index is -0.611. The summed E-state index contributed by atoms with van der Waals surface area (Å²) in [6.45, 7) is 2.00. The maximum absolute atomic E-state index is 11.7. The van der Waals surface area contributed by atoms with E-state index in [0.29, 0.717) is 0 Å². The van der Waals surface area contributed by atoms with Gasteiger partial charge in [0.2, 0.25) is 5.91 Å². The van der Waals surface area contributed by atoms with E-state index in [9.17, 15) is 4.79 Å². The average molecular weight is 208 g/mol. The molecule has 5 nitrogen and oxygen atoms in total. The van der Waals surface area contributed by atoms with Crippen molar-refractivity contribution in [3.8, 4) is 0 Å². The zero-order valence-corrected chi connectivity index (χ0v) is 8.79. The zero-order chi connectivity index (χ0) is 10.9. The quantitative estimate of drug-likeness (QED) is 0.672. The smallest absolute Gasteiger partial charge is 0.240 e. The van der Waals surface area contributed by atoms with Gasteiger partial charge in [-0.05, 0) is 19.3 Å². The van der Waals surface area contributed by atoms with Gasteiger partial charge in [-0.15, -0.1) is 0 Å². The van der Waals surface area contributed by atoms with Gasteiger partial charge in [0.1, 0.15) is 5.82 Å². The van der Waals surface area contributed by atoms with Gasteiger partial charge in [-0.25, -0.2) is 4.98 Å². The van der Waals surface area contributed by atoms with Crippen molar-refractivity contribution in [2.75, 3.05) is 0 Å². The number of hydrogen-bond donors (Lipinski definition) is 3. The number of carbonyl (C=O) groups is 1. The van der Waals surface area contributed by atoms with Crippen molar-refractivity contribution in [3.63, 3.8) is 0 Å². The maximum Gasteiger partial charge on any atom is 0.240 e. The van der Waals surface area contributed by atoms with Gasteiger partial charge in [-0.3, -0.25) is 4.79 Å². The summed E-state index contributed by atoms with van der Waals surface area (Å²) in [7, 11) is 0. The third kappa shape index (κ3) is 2.02. The molecule has 1 aromatic heterocycles. The third-order valence-electron chi connectivity index (χ3n) is 2.80. The molecular formula is C10H16N4O. The molecule has 0 aliphatic heterocycles. The third-order valence-corrected chi connectivity index (χ3v) is 2.80. The van der Waals surface area contributed by atoms with Crippen molar-refractivity contribution in [1.29, 1.82) is 0 Å². The fraction of sp³-hybridized carbons (Fsp3) is 0.600. The highest BCUT2D eigenvalue weighted by molar-refractivity contribution is 5.89. The van der Waals surface area contributed by atoms with Gasteiger partial charge in [-0.2, -0.15) is 0 Å². The van der Waals surface area contributed by atoms with Gasteiger partial charge in [0, 0.05) is 12.4 Å². The second-order valence-electron chi connectivity index (χ2n) is 4.06. The van der Waals surface area contributed by atoms with E-state index in [-0.39, 0.29) is 11.9 Å². The molecule has 1 amide bonds. The Morgan fingerprint density at radius 1 is 1.80 bits per heavy atom. The summed E-state index contributed by atoms with van der Waals surface area (Å²) in [5.74, 6) is 0.723. The average Bonchev–Trinajstić information content (AvgIpc) is 2.80. The van der Waals surface area contributed by atoms with E-state index in [1.165, 1.54) is 0 Å². The standard InChI is InChI=1S/C10H16N4O/c1-2-7(8-12-5-6-13-8)14-9(15)10(11)3-4-10/h5-7H,2-4,11H2,1H3,(H,12,13)(H,14,15). The lowest BCUT2D eigenvalue weighted by Gasteiger charge is -2.17. The van der Waals surface area contributed by atoms with E-state index in [0.717, 1.165) is 25.1 Å². The molecular weight excluding hydrogens is 192 g/mol. The van der Waals surface area contributed by atoms with Crippen LogP contribution in [-0.2, 0) is 4.79 Å². The summed E-state index contributed by atoms with van der Waals surface area (Å²) in [6.07, 6.45) is 5.80. The number of nitrogens with one attached hydrogen (secondary N) is 2. The largest absolute Gasteiger partial charge is 0.347 e. The van der Waals surface area contributed by atoms with Crippen LogP contribution in [0.1, 0.15) is 38.1 Å². The molecule has 1 aliphatic rings. The molecule has 1 atom stereocenters. The first-order chi connectivity index (χ1) is 7.15. The number of carbonyl (C=O) groups excluding carboxylic acids is 1. The molecule has 15 heavy (non-hydrogen) atoms. The van der Waals surface area contributed by atoms with Crippen LogP contribution >= 0.6 is 0 Å². The van der Waals surface area contributed by atoms with Crippen molar-refractivity contribution in [2.24, 2.45) is 5.73 Å². The van der Waals surface area contributed by atoms with Gasteiger partial charge in [-0.1, -0.05) is 6.92 Å². The Labute approximate surface area is 88.5 Å². The highest BCUT2D eigenvalue weighted by atomic mass is 16.2. The molecule has 0 radical (unpaired) electrons. The van der Waals surface area contributed by atoms with Crippen LogP contribution in [-0.4, -0.2) is 21.4 Å². The van der Waals surface area contributed by atoms with Crippen LogP contribution < -0.4 is 11.1 Å². The minimum Gasteiger partial charge on any atom is -0.347 e. The normalized spacial score (nSPS) is 19.6. The zero-order valence-electron chi connectivity index (χ0n) is 8.79. The van der Waals surface area contributed by atoms with E-state index in [1.54, 1.807) is 12.4 Å². The molecule has 1 aliphatic carbocycles. The Hall–Kier alpha value is -1.36. The highest BCUT2D eigenvalue weighted by Crippen LogP contribution is 2.33. The summed E-state index contributed by atoms with van der Waals surface area (Å²) in [5.41, 5.74) is 5.19. The predicted octanol–water partition coefficient (Wildman–Crippen LogP) is 0.468. The van der Waals surface area contributed by atoms with Crippen LogP contribution in [0.4, 0.5) is 0 Å². The first-order valence-electron chi connectivity index (χ1n) is 5.25. The van der Waals surface area contributed by atoms with Crippen molar-refractivity contribution in [1.82, 2.24) is 15.3 Å². The van der Waals surface area contributed by atoms with Gasteiger partial charge in [0.25, 0.3) is 0 Å². The molecule has 1 unspecified atom stereocenters. The van der Waals surface area contributed by atoms with Crippen LogP contribution in [0, 0.1) is 0 Å². The summed E-state index contributed by atoms with van der Waals surface area (Å²) in [6, 6.07) is -0.0616. The Balaban J connectivity index is 2.00. The minimum absolute atomic E-state index is 0.0616. The summed E-state index contributed by atoms with van der Waals surface area (Å²) in [5, 5.41) is 2.91. The lowest BCUT2D eigenvalue weighted by molar-refractivity contribution is -0.124. The Kier molecular flexibility index (Phi) is 2.48. The van der Waals surface area contributed by atoms with E-state index < -0.39 is 5.54 Å². The van der Waals surface area contributed by atoms with Gasteiger partial charge >= 0.3 is 0 Å². The predicted molar refractivity (Wildman–Crippen MR) is 55.9 cm³/mol. The molecule has 2 rings (SSSR count). The second kappa shape index (κ2) is 3.66. The van der Waals surface area contributed by atoms with E-state index in [2.05, 4.69) is 15.3 Å². The van der Waals surface area contributed by atoms with E-state index in [1.807, 2.05) is 6.92 Å². The lowest BCUT2D eigenvalue weighted by atomic mass is 10.2. The summed E-state index contributed by atoms with van der Waals surface area (Å²) < 4.78 is 0. The SMILES string of the molecule is CCC(NC(=O)C1(N)CC1)c1ncc[nH]1. The molecule has 1 saturated carbocycles. The molecule has 1 aromatic rings. The molecule has 82 valence electrons. The fourth-order valence-corrected chi connectivity index (χ4v) is 1.50. The summed E-state index contributed by atoms with van der Waals surface area (Å²) in [4.78, 5) is 18.8. The number of hydrogen-bond acceptors (Lipinski definition) is 3. The number of aromatic nitrogens is 2. The first-order valence-corrected chi connectivity index (χ1v) is 5.25. The maximum atomic E-state index is 11.7. The van der Waals surface area contributed by atoms with Crippen LogP contribution in [0.15, 0.2) is 12.4 Å². The van der Waals surface area contributed by atoms with Gasteiger partial charge < -0.3 is 16.0 Å². The number of H-pyrrole nitrogens is 1. The first kappa shape index (κ1) is 10.2. The number of rotatable bonds is 4. The highest BCUT2D eigenvalue weighted by Gasteiger charge is 2.46. The second-order valence-corrected chi connectivity index (χ2v) is 4.06. The van der Waals surface area contributed by atoms with Crippen molar-refractivity contribution >= 4 is 5.91 Å². The van der Waals surface area contributed by atoms with Crippen LogP contribution in [0.5, 0.6) is 0 Å². The Morgan fingerprint density at radius 3 is 3.00 bits per heavy atom.